The zero-order valence-electron chi connectivity index (χ0n) is 1.62. The monoisotopic (exact) mass is 256 g/mol. The normalized spacial score (nSPS) is 0.750. The summed E-state index contributed by atoms with van der Waals surface area (Å²) < 4.78 is 8.28. The molecule has 0 fully saturated rings. The number of rotatable bonds is 0. The maximum absolute atomic E-state index is 8.28. The molecule has 4 heteroatoms. The van der Waals surface area contributed by atoms with Gasteiger partial charge in [0.05, 0.1) is 0 Å². The first kappa shape index (κ1) is 18.1. The Labute approximate surface area is 56.6 Å². The van der Waals surface area contributed by atoms with Crippen LogP contribution in [0.15, 0.2) is 0 Å². The molecule has 0 rings (SSSR count). The maximum Gasteiger partial charge on any atom is -0.0149 e. The number of hydrogen-bond donors (Lipinski definition) is 0. The van der Waals surface area contributed by atoms with E-state index in [0.717, 1.165) is 0 Å². The van der Waals surface area contributed by atoms with Crippen molar-refractivity contribution < 1.29 is 29.6 Å². The molecule has 0 aliphatic carbocycles. The average molecular weight is 255 g/mol. The molecule has 0 aliphatic rings. The Kier molecular flexibility index (Phi) is 116. The summed E-state index contributed by atoms with van der Waals surface area (Å²) in [5.74, 6) is 0. The van der Waals surface area contributed by atoms with Crippen molar-refractivity contribution >= 4 is 27.2 Å². The van der Waals surface area contributed by atoms with E-state index in [4.69, 9.17) is 3.80 Å². The van der Waals surface area contributed by atoms with E-state index in [0.29, 0.717) is 16.2 Å². The van der Waals surface area contributed by atoms with Crippen LogP contribution in [-0.2, 0) is 29.6 Å². The molecule has 0 radical (unpaired) electrons. The molecule has 0 saturated heterocycles. The van der Waals surface area contributed by atoms with Crippen LogP contribution in [0.5, 0.6) is 0 Å². The maximum atomic E-state index is 8.28. The molecular weight excluding hydrogens is 250 g/mol. The summed E-state index contributed by atoms with van der Waals surface area (Å²) in [5.41, 5.74) is 0. The quantitative estimate of drug-likeness (QED) is 0.448. The van der Waals surface area contributed by atoms with Gasteiger partial charge in [0.2, 0.25) is 0 Å². The van der Waals surface area contributed by atoms with Gasteiger partial charge in [-0.15, -0.1) is 0 Å². The summed E-state index contributed by atoms with van der Waals surface area (Å²) >= 11 is 0.611. The summed E-state index contributed by atoms with van der Waals surface area (Å²) in [6.45, 7) is 0. The van der Waals surface area contributed by atoms with Crippen LogP contribution < -0.4 is 0 Å². The molecule has 0 aromatic carbocycles. The predicted molar refractivity (Wildman–Crippen MR) is 19.2 cm³/mol. The van der Waals surface area contributed by atoms with Gasteiger partial charge in [-0.25, -0.2) is 0 Å². The van der Waals surface area contributed by atoms with Gasteiger partial charge in [0.15, 0.2) is 0 Å². The molecule has 4 heavy (non-hydrogen) atoms. The Morgan fingerprint density at radius 3 is 1.25 bits per heavy atom. The smallest absolute Gasteiger partial charge is 0.0149 e. The van der Waals surface area contributed by atoms with Crippen molar-refractivity contribution in [2.45, 2.75) is 0 Å². The molecule has 0 heterocycles. The molecule has 0 bridgehead atoms. The van der Waals surface area contributed by atoms with Gasteiger partial charge in [0.25, 0.3) is 0 Å². The van der Waals surface area contributed by atoms with Gasteiger partial charge in [-0.3, -0.25) is 0 Å². The van der Waals surface area contributed by atoms with E-state index in [-0.39, 0.29) is 36.8 Å². The van der Waals surface area contributed by atoms with Gasteiger partial charge < -0.3 is 0 Å². The third-order valence-electron chi connectivity index (χ3n) is 0. The standard InChI is InChI=1S/Al.Hf.O.H4Si.H/h;;;1H4;. The van der Waals surface area contributed by atoms with Crippen molar-refractivity contribution in [3.63, 3.8) is 0 Å². The van der Waals surface area contributed by atoms with Crippen molar-refractivity contribution in [2.24, 2.45) is 0 Å². The third kappa shape index (κ3) is 9.93. The van der Waals surface area contributed by atoms with E-state index in [2.05, 4.69) is 0 Å². The van der Waals surface area contributed by atoms with Crippen LogP contribution in [0, 0.1) is 0 Å². The minimum atomic E-state index is 0. The summed E-state index contributed by atoms with van der Waals surface area (Å²) in [6, 6.07) is 0. The first-order chi connectivity index (χ1) is 1.00. The van der Waals surface area contributed by atoms with Gasteiger partial charge in [-0.2, -0.15) is 0 Å². The van der Waals surface area contributed by atoms with E-state index >= 15 is 0 Å². The van der Waals surface area contributed by atoms with Gasteiger partial charge in [-0.1, -0.05) is 0 Å². The first-order valence-electron chi connectivity index (χ1n) is 0.289. The Balaban J connectivity index is -0.00000000500. The molecular formula is H5AlHfOSi. The van der Waals surface area contributed by atoms with E-state index < -0.39 is 0 Å². The Morgan fingerprint density at radius 1 is 1.25 bits per heavy atom. The second-order valence-corrected chi connectivity index (χ2v) is 0. The van der Waals surface area contributed by atoms with Crippen LogP contribution in [0.2, 0.25) is 0 Å². The largest absolute Gasteiger partial charge is 0.0149 e. The van der Waals surface area contributed by atoms with Crippen molar-refractivity contribution in [1.82, 2.24) is 0 Å². The van der Waals surface area contributed by atoms with E-state index in [9.17, 15) is 0 Å². The minimum absolute atomic E-state index is 0. The molecule has 0 aromatic heterocycles. The van der Waals surface area contributed by atoms with Gasteiger partial charge >= 0.3 is 20.0 Å². The van der Waals surface area contributed by atoms with Crippen molar-refractivity contribution in [1.29, 1.82) is 0 Å². The van der Waals surface area contributed by atoms with Crippen molar-refractivity contribution in [3.8, 4) is 0 Å². The Bertz CT molecular complexity index is 8.00. The van der Waals surface area contributed by atoms with Crippen LogP contribution in [0.3, 0.4) is 0 Å². The van der Waals surface area contributed by atoms with Gasteiger partial charge in [0, 0.05) is 25.8 Å². The molecule has 0 aromatic rings. The second-order valence-electron chi connectivity index (χ2n) is 0. The van der Waals surface area contributed by atoms with Gasteiger partial charge in [-0.05, 0) is 11.0 Å². The Hall–Kier alpha value is 1.42. The molecule has 0 spiro atoms. The molecule has 0 atom stereocenters. The van der Waals surface area contributed by atoms with Crippen molar-refractivity contribution in [3.05, 3.63) is 0 Å². The van der Waals surface area contributed by atoms with E-state index in [1.54, 1.807) is 0 Å². The van der Waals surface area contributed by atoms with Crippen LogP contribution in [0.4, 0.5) is 0 Å². The fourth-order valence-corrected chi connectivity index (χ4v) is 0. The van der Waals surface area contributed by atoms with Crippen molar-refractivity contribution in [2.75, 3.05) is 0 Å². The molecule has 1 nitrogen and oxygen atoms in total. The third-order valence-corrected chi connectivity index (χ3v) is 0. The van der Waals surface area contributed by atoms with Gasteiger partial charge in [0.1, 0.15) is 0 Å². The zero-order chi connectivity index (χ0) is 2.00. The molecule has 0 aliphatic heterocycles. The average Bonchev–Trinajstić information content (AvgIpc) is 1.00. The summed E-state index contributed by atoms with van der Waals surface area (Å²) in [7, 11) is 0. The predicted octanol–water partition coefficient (Wildman–Crippen LogP) is -2.22. The fraction of sp³-hybridized carbons (Fsp3) is 0. The first-order valence-corrected chi connectivity index (χ1v) is 0.866. The van der Waals surface area contributed by atoms with E-state index in [1.165, 1.54) is 0 Å². The fourth-order valence-electron chi connectivity index (χ4n) is 0. The van der Waals surface area contributed by atoms with Crippen LogP contribution in [0.25, 0.3) is 0 Å². The minimum Gasteiger partial charge on any atom is -0.0149 e. The molecule has 0 amide bonds. The molecule has 0 saturated carbocycles. The molecule has 0 N–H and O–H groups in total. The molecule has 0 unspecified atom stereocenters. The topological polar surface area (TPSA) is 17.1 Å². The molecule has 22 valence electrons. The summed E-state index contributed by atoms with van der Waals surface area (Å²) in [5, 5.41) is 0. The van der Waals surface area contributed by atoms with Crippen LogP contribution in [0.1, 0.15) is 0 Å². The Morgan fingerprint density at radius 2 is 1.25 bits per heavy atom. The zero-order valence-corrected chi connectivity index (χ0v) is 6.62. The summed E-state index contributed by atoms with van der Waals surface area (Å²) in [6.07, 6.45) is 0. The van der Waals surface area contributed by atoms with Crippen LogP contribution >= 0.6 is 0 Å². The second kappa shape index (κ2) is 25.6. The van der Waals surface area contributed by atoms with E-state index in [1.807, 2.05) is 0 Å². The SMILES string of the molecule is [Hf].[O]=[AlH].[SiH4]. The van der Waals surface area contributed by atoms with Crippen LogP contribution in [-0.4, -0.2) is 27.2 Å². The number of hydrogen-bond acceptors (Lipinski definition) is 1. The summed E-state index contributed by atoms with van der Waals surface area (Å²) in [4.78, 5) is 0.